The summed E-state index contributed by atoms with van der Waals surface area (Å²) in [5.74, 6) is -0.564. The zero-order valence-corrected chi connectivity index (χ0v) is 12.2. The molecule has 3 rings (SSSR count). The maximum absolute atomic E-state index is 6.40. The van der Waals surface area contributed by atoms with Gasteiger partial charge >= 0.3 is 0 Å². The van der Waals surface area contributed by atoms with Crippen molar-refractivity contribution in [3.05, 3.63) is 18.0 Å². The van der Waals surface area contributed by atoms with Crippen LogP contribution in [0.25, 0.3) is 0 Å². The largest absolute Gasteiger partial charge is 0.357 e. The normalized spacial score (nSPS) is 29.2. The standard InChI is InChI=1S/C14H23N3O3/c1-13(2)19-9-14(15,10-20-13)11-7-16-17(8-11)12-5-3-4-6-18-12/h7-8,12H,3-6,9-10,15H2,1-2H3. The Morgan fingerprint density at radius 2 is 2.05 bits per heavy atom. The number of ether oxygens (including phenoxy) is 3. The van der Waals surface area contributed by atoms with Crippen molar-refractivity contribution in [2.24, 2.45) is 5.73 Å². The third kappa shape index (κ3) is 2.74. The average Bonchev–Trinajstić information content (AvgIpc) is 2.94. The molecule has 0 radical (unpaired) electrons. The van der Waals surface area contributed by atoms with E-state index in [1.165, 1.54) is 6.42 Å². The van der Waals surface area contributed by atoms with E-state index in [0.29, 0.717) is 13.2 Å². The van der Waals surface area contributed by atoms with Gasteiger partial charge in [-0.15, -0.1) is 0 Å². The summed E-state index contributed by atoms with van der Waals surface area (Å²) in [6.45, 7) is 5.44. The first-order valence-electron chi connectivity index (χ1n) is 7.22. The number of rotatable bonds is 2. The third-order valence-corrected chi connectivity index (χ3v) is 3.98. The van der Waals surface area contributed by atoms with E-state index in [-0.39, 0.29) is 6.23 Å². The number of nitrogens with zero attached hydrogens (tertiary/aromatic N) is 2. The number of aromatic nitrogens is 2. The number of hydrogen-bond acceptors (Lipinski definition) is 5. The van der Waals surface area contributed by atoms with E-state index in [2.05, 4.69) is 5.10 Å². The van der Waals surface area contributed by atoms with E-state index >= 15 is 0 Å². The lowest BCUT2D eigenvalue weighted by Gasteiger charge is -2.40. The van der Waals surface area contributed by atoms with Crippen LogP contribution in [0, 0.1) is 0 Å². The molecule has 0 saturated carbocycles. The summed E-state index contributed by atoms with van der Waals surface area (Å²) in [7, 11) is 0. The van der Waals surface area contributed by atoms with E-state index in [0.717, 1.165) is 25.0 Å². The first kappa shape index (κ1) is 14.0. The summed E-state index contributed by atoms with van der Waals surface area (Å²) in [6.07, 6.45) is 7.09. The van der Waals surface area contributed by atoms with Crippen LogP contribution in [-0.4, -0.2) is 35.4 Å². The Hall–Kier alpha value is -0.950. The topological polar surface area (TPSA) is 71.5 Å². The van der Waals surface area contributed by atoms with Crippen molar-refractivity contribution in [2.75, 3.05) is 19.8 Å². The molecule has 2 aliphatic rings. The minimum Gasteiger partial charge on any atom is -0.357 e. The monoisotopic (exact) mass is 281 g/mol. The zero-order chi connectivity index (χ0) is 14.2. The Labute approximate surface area is 119 Å². The van der Waals surface area contributed by atoms with Crippen LogP contribution < -0.4 is 5.73 Å². The molecule has 1 aromatic rings. The molecule has 2 aliphatic heterocycles. The highest BCUT2D eigenvalue weighted by Gasteiger charge is 2.39. The molecule has 6 heteroatoms. The lowest BCUT2D eigenvalue weighted by Crippen LogP contribution is -2.54. The van der Waals surface area contributed by atoms with Gasteiger partial charge in [-0.2, -0.15) is 5.10 Å². The Balaban J connectivity index is 1.73. The lowest BCUT2D eigenvalue weighted by molar-refractivity contribution is -0.268. The van der Waals surface area contributed by atoms with E-state index in [4.69, 9.17) is 19.9 Å². The van der Waals surface area contributed by atoms with Crippen LogP contribution in [0.2, 0.25) is 0 Å². The molecule has 0 aromatic carbocycles. The van der Waals surface area contributed by atoms with Gasteiger partial charge in [-0.3, -0.25) is 0 Å². The quantitative estimate of drug-likeness (QED) is 0.890. The van der Waals surface area contributed by atoms with Crippen molar-refractivity contribution in [2.45, 2.75) is 50.7 Å². The molecule has 20 heavy (non-hydrogen) atoms. The SMILES string of the molecule is CC1(C)OCC(N)(c2cnn(C3CCCCO3)c2)CO1. The Morgan fingerprint density at radius 1 is 1.30 bits per heavy atom. The van der Waals surface area contributed by atoms with E-state index in [1.807, 2.05) is 24.7 Å². The van der Waals surface area contributed by atoms with E-state index < -0.39 is 11.3 Å². The molecule has 112 valence electrons. The van der Waals surface area contributed by atoms with Crippen LogP contribution in [0.4, 0.5) is 0 Å². The summed E-state index contributed by atoms with van der Waals surface area (Å²) < 4.78 is 18.9. The summed E-state index contributed by atoms with van der Waals surface area (Å²) in [4.78, 5) is 0. The second-order valence-electron chi connectivity index (χ2n) is 6.16. The molecule has 0 aliphatic carbocycles. The fraction of sp³-hybridized carbons (Fsp3) is 0.786. The molecular weight excluding hydrogens is 258 g/mol. The molecule has 6 nitrogen and oxygen atoms in total. The van der Waals surface area contributed by atoms with Crippen molar-refractivity contribution >= 4 is 0 Å². The maximum atomic E-state index is 6.40. The van der Waals surface area contributed by atoms with Crippen molar-refractivity contribution in [3.63, 3.8) is 0 Å². The van der Waals surface area contributed by atoms with Crippen molar-refractivity contribution in [1.82, 2.24) is 9.78 Å². The van der Waals surface area contributed by atoms with Crippen molar-refractivity contribution < 1.29 is 14.2 Å². The van der Waals surface area contributed by atoms with Crippen LogP contribution in [-0.2, 0) is 19.7 Å². The van der Waals surface area contributed by atoms with Gasteiger partial charge in [0.25, 0.3) is 0 Å². The van der Waals surface area contributed by atoms with Crippen molar-refractivity contribution in [3.8, 4) is 0 Å². The van der Waals surface area contributed by atoms with Crippen LogP contribution in [0.1, 0.15) is 44.9 Å². The second-order valence-corrected chi connectivity index (χ2v) is 6.16. The zero-order valence-electron chi connectivity index (χ0n) is 12.2. The summed E-state index contributed by atoms with van der Waals surface area (Å²) in [6, 6.07) is 0. The van der Waals surface area contributed by atoms with Gasteiger partial charge in [0, 0.05) is 18.4 Å². The Kier molecular flexibility index (Phi) is 3.58. The fourth-order valence-corrected chi connectivity index (χ4v) is 2.54. The van der Waals surface area contributed by atoms with Gasteiger partial charge in [0.05, 0.1) is 24.9 Å². The number of nitrogens with two attached hydrogens (primary N) is 1. The Bertz CT molecular complexity index is 456. The van der Waals surface area contributed by atoms with E-state index in [9.17, 15) is 0 Å². The molecule has 1 unspecified atom stereocenters. The first-order chi connectivity index (χ1) is 9.49. The molecule has 2 fully saturated rings. The number of hydrogen-bond donors (Lipinski definition) is 1. The van der Waals surface area contributed by atoms with Gasteiger partial charge in [0.1, 0.15) is 6.23 Å². The van der Waals surface area contributed by atoms with Gasteiger partial charge < -0.3 is 19.9 Å². The Morgan fingerprint density at radius 3 is 2.70 bits per heavy atom. The van der Waals surface area contributed by atoms with E-state index in [1.54, 1.807) is 6.20 Å². The lowest BCUT2D eigenvalue weighted by atomic mass is 9.94. The molecule has 2 saturated heterocycles. The highest BCUT2D eigenvalue weighted by atomic mass is 16.7. The molecule has 0 amide bonds. The molecular formula is C14H23N3O3. The predicted octanol–water partition coefficient (Wildman–Crippen LogP) is 1.52. The van der Waals surface area contributed by atoms with Gasteiger partial charge in [-0.25, -0.2) is 4.68 Å². The summed E-state index contributed by atoms with van der Waals surface area (Å²) in [5, 5.41) is 4.40. The van der Waals surface area contributed by atoms with Gasteiger partial charge in [-0.1, -0.05) is 0 Å². The summed E-state index contributed by atoms with van der Waals surface area (Å²) in [5.41, 5.74) is 6.70. The molecule has 3 heterocycles. The minimum absolute atomic E-state index is 0.0305. The fourth-order valence-electron chi connectivity index (χ4n) is 2.54. The van der Waals surface area contributed by atoms with Crippen LogP contribution in [0.5, 0.6) is 0 Å². The van der Waals surface area contributed by atoms with Crippen LogP contribution in [0.15, 0.2) is 12.4 Å². The predicted molar refractivity (Wildman–Crippen MR) is 72.9 cm³/mol. The molecule has 1 aromatic heterocycles. The average molecular weight is 281 g/mol. The minimum atomic E-state index is -0.636. The maximum Gasteiger partial charge on any atom is 0.162 e. The van der Waals surface area contributed by atoms with Gasteiger partial charge in [0.15, 0.2) is 5.79 Å². The first-order valence-corrected chi connectivity index (χ1v) is 7.22. The summed E-state index contributed by atoms with van der Waals surface area (Å²) >= 11 is 0. The highest BCUT2D eigenvalue weighted by molar-refractivity contribution is 5.19. The van der Waals surface area contributed by atoms with Gasteiger partial charge in [0.2, 0.25) is 0 Å². The third-order valence-electron chi connectivity index (χ3n) is 3.98. The highest BCUT2D eigenvalue weighted by Crippen LogP contribution is 2.30. The second kappa shape index (κ2) is 5.11. The molecule has 2 N–H and O–H groups in total. The smallest absolute Gasteiger partial charge is 0.162 e. The molecule has 1 atom stereocenters. The van der Waals surface area contributed by atoms with Crippen LogP contribution in [0.3, 0.4) is 0 Å². The van der Waals surface area contributed by atoms with Crippen molar-refractivity contribution in [1.29, 1.82) is 0 Å². The molecule has 0 spiro atoms. The van der Waals surface area contributed by atoms with Gasteiger partial charge in [-0.05, 0) is 33.1 Å². The van der Waals surface area contributed by atoms with Crippen LogP contribution >= 0.6 is 0 Å². The molecule has 0 bridgehead atoms.